The average molecular weight is 914 g/mol. The topological polar surface area (TPSA) is 78.9 Å². The van der Waals surface area contributed by atoms with Gasteiger partial charge in [0, 0.05) is 19.3 Å². The first-order valence-electron chi connectivity index (χ1n) is 28.5. The molecule has 0 aromatic heterocycles. The van der Waals surface area contributed by atoms with Crippen LogP contribution in [0.3, 0.4) is 0 Å². The molecule has 0 bridgehead atoms. The van der Waals surface area contributed by atoms with E-state index in [2.05, 4.69) is 57.2 Å². The van der Waals surface area contributed by atoms with Gasteiger partial charge in [-0.2, -0.15) is 0 Å². The fourth-order valence-electron chi connectivity index (χ4n) is 8.33. The first-order chi connectivity index (χ1) is 32.0. The Hall–Kier alpha value is -2.37. The molecule has 0 spiro atoms. The van der Waals surface area contributed by atoms with Gasteiger partial charge in [-0.15, -0.1) is 0 Å². The summed E-state index contributed by atoms with van der Waals surface area (Å²) in [5, 5.41) is 0. The highest BCUT2D eigenvalue weighted by molar-refractivity contribution is 5.71. The van der Waals surface area contributed by atoms with Gasteiger partial charge in [0.1, 0.15) is 13.2 Å². The highest BCUT2D eigenvalue weighted by atomic mass is 16.6. The maximum Gasteiger partial charge on any atom is 0.306 e. The van der Waals surface area contributed by atoms with Gasteiger partial charge < -0.3 is 14.2 Å². The summed E-state index contributed by atoms with van der Waals surface area (Å²) >= 11 is 0. The predicted octanol–water partition coefficient (Wildman–Crippen LogP) is 18.9. The summed E-state index contributed by atoms with van der Waals surface area (Å²) in [5.41, 5.74) is 0. The van der Waals surface area contributed by atoms with E-state index in [1.165, 1.54) is 186 Å². The smallest absolute Gasteiger partial charge is 0.306 e. The quantitative estimate of drug-likeness (QED) is 0.0262. The lowest BCUT2D eigenvalue weighted by molar-refractivity contribution is -0.167. The van der Waals surface area contributed by atoms with Gasteiger partial charge in [-0.05, 0) is 57.8 Å². The zero-order valence-corrected chi connectivity index (χ0v) is 43.5. The molecule has 380 valence electrons. The average Bonchev–Trinajstić information content (AvgIpc) is 3.30. The van der Waals surface area contributed by atoms with Gasteiger partial charge in [0.05, 0.1) is 0 Å². The zero-order valence-electron chi connectivity index (χ0n) is 43.5. The summed E-state index contributed by atoms with van der Waals surface area (Å²) in [6, 6.07) is 0. The van der Waals surface area contributed by atoms with Gasteiger partial charge in [-0.1, -0.05) is 263 Å². The highest BCUT2D eigenvalue weighted by Crippen LogP contribution is 2.16. The van der Waals surface area contributed by atoms with E-state index in [4.69, 9.17) is 14.2 Å². The molecule has 1 unspecified atom stereocenters. The maximum absolute atomic E-state index is 12.8. The van der Waals surface area contributed by atoms with Crippen molar-refractivity contribution in [1.82, 2.24) is 0 Å². The maximum atomic E-state index is 12.8. The predicted molar refractivity (Wildman–Crippen MR) is 279 cm³/mol. The van der Waals surface area contributed by atoms with E-state index < -0.39 is 6.10 Å². The summed E-state index contributed by atoms with van der Waals surface area (Å²) in [6.07, 6.45) is 64.1. The van der Waals surface area contributed by atoms with E-state index in [-0.39, 0.29) is 31.1 Å². The molecule has 0 aromatic carbocycles. The number of unbranched alkanes of at least 4 members (excludes halogenated alkanes) is 35. The molecular weight excluding hydrogens is 805 g/mol. The van der Waals surface area contributed by atoms with E-state index in [0.717, 1.165) is 77.0 Å². The molecule has 0 aliphatic rings. The number of hydrogen-bond acceptors (Lipinski definition) is 6. The lowest BCUT2D eigenvalue weighted by Crippen LogP contribution is -2.30. The second-order valence-corrected chi connectivity index (χ2v) is 19.2. The summed E-state index contributed by atoms with van der Waals surface area (Å²) < 4.78 is 16.8. The van der Waals surface area contributed by atoms with Gasteiger partial charge >= 0.3 is 17.9 Å². The van der Waals surface area contributed by atoms with E-state index >= 15 is 0 Å². The van der Waals surface area contributed by atoms with Gasteiger partial charge in [0.2, 0.25) is 0 Å². The third-order valence-corrected chi connectivity index (χ3v) is 12.6. The summed E-state index contributed by atoms with van der Waals surface area (Å²) in [4.78, 5) is 38.1. The van der Waals surface area contributed by atoms with Crippen LogP contribution in [0.25, 0.3) is 0 Å². The Labute approximate surface area is 404 Å². The van der Waals surface area contributed by atoms with E-state index in [9.17, 15) is 14.4 Å². The minimum atomic E-state index is -0.772. The fourth-order valence-corrected chi connectivity index (χ4v) is 8.33. The Balaban J connectivity index is 4.32. The van der Waals surface area contributed by atoms with E-state index in [1.807, 2.05) is 0 Å². The van der Waals surface area contributed by atoms with Crippen molar-refractivity contribution < 1.29 is 28.6 Å². The minimum absolute atomic E-state index is 0.0717. The minimum Gasteiger partial charge on any atom is -0.462 e. The van der Waals surface area contributed by atoms with Crippen LogP contribution < -0.4 is 0 Å². The number of allylic oxidation sites excluding steroid dienone is 6. The van der Waals surface area contributed by atoms with Crippen LogP contribution in [0, 0.1) is 0 Å². The Morgan fingerprint density at radius 1 is 0.308 bits per heavy atom. The van der Waals surface area contributed by atoms with Gasteiger partial charge in [0.15, 0.2) is 6.10 Å². The Morgan fingerprint density at radius 3 is 0.862 bits per heavy atom. The lowest BCUT2D eigenvalue weighted by atomic mass is 10.0. The molecule has 0 fully saturated rings. The third-order valence-electron chi connectivity index (χ3n) is 12.6. The van der Waals surface area contributed by atoms with Gasteiger partial charge in [-0.3, -0.25) is 14.4 Å². The number of hydrogen-bond donors (Lipinski definition) is 0. The van der Waals surface area contributed by atoms with Crippen molar-refractivity contribution in [3.63, 3.8) is 0 Å². The van der Waals surface area contributed by atoms with Crippen LogP contribution in [0.2, 0.25) is 0 Å². The highest BCUT2D eigenvalue weighted by Gasteiger charge is 2.19. The molecule has 0 aliphatic carbocycles. The summed E-state index contributed by atoms with van der Waals surface area (Å²) in [7, 11) is 0. The molecule has 0 radical (unpaired) electrons. The van der Waals surface area contributed by atoms with Crippen LogP contribution in [0.5, 0.6) is 0 Å². The molecule has 6 heteroatoms. The standard InChI is InChI=1S/C59H108O6/c1-4-7-10-13-16-19-22-25-27-28-29-30-31-32-33-35-37-40-43-46-49-52-58(61)64-55-56(54-63-57(60)51-48-45-42-39-36-24-21-18-15-12-9-6-3)65-59(62)53-50-47-44-41-38-34-26-23-20-17-14-11-8-5-2/h22,25,28-29,31-32,56H,4-21,23-24,26-27,30,33-55H2,1-3H3/b25-22-,29-28-,32-31-. The van der Waals surface area contributed by atoms with Crippen LogP contribution in [0.4, 0.5) is 0 Å². The second kappa shape index (κ2) is 54.2. The summed E-state index contributed by atoms with van der Waals surface area (Å²) in [6.45, 7) is 6.65. The molecule has 0 rings (SSSR count). The van der Waals surface area contributed by atoms with Crippen molar-refractivity contribution in [2.45, 2.75) is 309 Å². The van der Waals surface area contributed by atoms with Crippen molar-refractivity contribution in [1.29, 1.82) is 0 Å². The van der Waals surface area contributed by atoms with E-state index in [1.54, 1.807) is 0 Å². The third kappa shape index (κ3) is 52.5. The molecule has 1 atom stereocenters. The molecule has 65 heavy (non-hydrogen) atoms. The second-order valence-electron chi connectivity index (χ2n) is 19.2. The molecule has 0 aromatic rings. The van der Waals surface area contributed by atoms with Gasteiger partial charge in [0.25, 0.3) is 0 Å². The molecule has 6 nitrogen and oxygen atoms in total. The number of carbonyl (C=O) groups is 3. The van der Waals surface area contributed by atoms with Crippen LogP contribution >= 0.6 is 0 Å². The first-order valence-corrected chi connectivity index (χ1v) is 28.5. The molecular formula is C59H108O6. The van der Waals surface area contributed by atoms with Crippen molar-refractivity contribution in [2.24, 2.45) is 0 Å². The SMILES string of the molecule is CCCCCCC/C=C\C/C=C\C/C=C\CCCCCCCCC(=O)OCC(COC(=O)CCCCCCCCCCCCCC)OC(=O)CCCCCCCCCCCCCCCC. The molecule has 0 aliphatic heterocycles. The number of ether oxygens (including phenoxy) is 3. The van der Waals surface area contributed by atoms with E-state index in [0.29, 0.717) is 19.3 Å². The van der Waals surface area contributed by atoms with Crippen LogP contribution in [0.15, 0.2) is 36.5 Å². The molecule has 0 saturated carbocycles. The van der Waals surface area contributed by atoms with Crippen LogP contribution in [-0.4, -0.2) is 37.2 Å². The molecule has 0 heterocycles. The fraction of sp³-hybridized carbons (Fsp3) is 0.847. The molecule has 0 saturated heterocycles. The Kier molecular flexibility index (Phi) is 52.3. The molecule has 0 N–H and O–H groups in total. The zero-order chi connectivity index (χ0) is 47.2. The number of carbonyl (C=O) groups excluding carboxylic acids is 3. The Morgan fingerprint density at radius 2 is 0.554 bits per heavy atom. The molecule has 0 amide bonds. The normalized spacial score (nSPS) is 12.2. The van der Waals surface area contributed by atoms with Crippen molar-refractivity contribution in [3.8, 4) is 0 Å². The number of esters is 3. The Bertz CT molecular complexity index is 1090. The first kappa shape index (κ1) is 62.6. The largest absolute Gasteiger partial charge is 0.462 e. The van der Waals surface area contributed by atoms with Crippen molar-refractivity contribution in [2.75, 3.05) is 13.2 Å². The van der Waals surface area contributed by atoms with Gasteiger partial charge in [-0.25, -0.2) is 0 Å². The van der Waals surface area contributed by atoms with Crippen molar-refractivity contribution >= 4 is 17.9 Å². The lowest BCUT2D eigenvalue weighted by Gasteiger charge is -2.18. The summed E-state index contributed by atoms with van der Waals surface area (Å²) in [5.74, 6) is -0.868. The van der Waals surface area contributed by atoms with Crippen molar-refractivity contribution in [3.05, 3.63) is 36.5 Å². The van der Waals surface area contributed by atoms with Crippen LogP contribution in [-0.2, 0) is 28.6 Å². The monoisotopic (exact) mass is 913 g/mol. The number of rotatable bonds is 52. The van der Waals surface area contributed by atoms with Crippen LogP contribution in [0.1, 0.15) is 303 Å².